The molecule has 10 nitrogen and oxygen atoms in total. The average Bonchev–Trinajstić information content (AvgIpc) is 3.32. The predicted molar refractivity (Wildman–Crippen MR) is 87.1 cm³/mol. The lowest BCUT2D eigenvalue weighted by atomic mass is 10.1. The molecule has 0 bridgehead atoms. The number of aromatic nitrogens is 2. The van der Waals surface area contributed by atoms with Crippen molar-refractivity contribution in [2.45, 2.75) is 24.5 Å². The summed E-state index contributed by atoms with van der Waals surface area (Å²) in [7, 11) is 0. The average molecular weight is 361 g/mol. The Morgan fingerprint density at radius 1 is 1.19 bits per heavy atom. The number of ether oxygens (including phenoxy) is 1. The molecule has 0 amide bonds. The van der Waals surface area contributed by atoms with Gasteiger partial charge in [0.1, 0.15) is 23.2 Å². The summed E-state index contributed by atoms with van der Waals surface area (Å²) in [6.45, 7) is -0.469. The molecule has 3 heterocycles. The normalized spacial score (nSPS) is 25.8. The highest BCUT2D eigenvalue weighted by atomic mass is 16.6. The second kappa shape index (κ2) is 6.18. The number of aliphatic hydroxyl groups excluding tert-OH is 3. The Morgan fingerprint density at radius 2 is 1.96 bits per heavy atom. The third-order valence-corrected chi connectivity index (χ3v) is 4.36. The zero-order valence-corrected chi connectivity index (χ0v) is 13.3. The van der Waals surface area contributed by atoms with Gasteiger partial charge in [-0.15, -0.1) is 0 Å². The Kier molecular flexibility index (Phi) is 3.96. The van der Waals surface area contributed by atoms with Gasteiger partial charge in [0, 0.05) is 0 Å². The van der Waals surface area contributed by atoms with Crippen molar-refractivity contribution in [1.82, 2.24) is 9.55 Å². The Morgan fingerprint density at radius 3 is 2.62 bits per heavy atom. The second-order valence-electron chi connectivity index (χ2n) is 5.92. The van der Waals surface area contributed by atoms with Crippen LogP contribution >= 0.6 is 0 Å². The lowest BCUT2D eigenvalue weighted by Gasteiger charge is -2.19. The number of nitro groups is 1. The minimum atomic E-state index is -1.33. The van der Waals surface area contributed by atoms with Crippen LogP contribution in [0.15, 0.2) is 40.8 Å². The molecule has 4 atom stereocenters. The van der Waals surface area contributed by atoms with E-state index in [4.69, 9.17) is 9.15 Å². The molecule has 26 heavy (non-hydrogen) atoms. The first-order valence-corrected chi connectivity index (χ1v) is 7.85. The summed E-state index contributed by atoms with van der Waals surface area (Å²) in [6.07, 6.45) is -4.62. The molecule has 3 N–H and O–H groups in total. The monoisotopic (exact) mass is 361 g/mol. The van der Waals surface area contributed by atoms with Gasteiger partial charge in [0.25, 0.3) is 0 Å². The quantitative estimate of drug-likeness (QED) is 0.457. The molecule has 1 aliphatic rings. The molecule has 1 aliphatic heterocycles. The number of fused-ring (bicyclic) bond motifs is 1. The molecule has 3 aromatic rings. The number of para-hydroxylation sites is 2. The molecule has 1 aromatic carbocycles. The molecule has 0 spiro atoms. The molecular formula is C16H15N3O7. The fourth-order valence-corrected chi connectivity index (χ4v) is 3.12. The lowest BCUT2D eigenvalue weighted by molar-refractivity contribution is -0.401. The fraction of sp³-hybridized carbons (Fsp3) is 0.312. The zero-order valence-electron chi connectivity index (χ0n) is 13.3. The van der Waals surface area contributed by atoms with Crippen molar-refractivity contribution in [2.75, 3.05) is 6.61 Å². The second-order valence-corrected chi connectivity index (χ2v) is 5.92. The number of imidazole rings is 1. The summed E-state index contributed by atoms with van der Waals surface area (Å²) in [4.78, 5) is 14.7. The summed E-state index contributed by atoms with van der Waals surface area (Å²) < 4.78 is 12.3. The van der Waals surface area contributed by atoms with Crippen molar-refractivity contribution in [3.63, 3.8) is 0 Å². The van der Waals surface area contributed by atoms with Crippen molar-refractivity contribution >= 4 is 16.9 Å². The molecule has 0 saturated carbocycles. The maximum atomic E-state index is 10.9. The molecule has 10 heteroatoms. The number of hydrogen-bond acceptors (Lipinski definition) is 8. The molecule has 0 aliphatic carbocycles. The number of aliphatic hydroxyl groups is 3. The summed E-state index contributed by atoms with van der Waals surface area (Å²) >= 11 is 0. The molecular weight excluding hydrogens is 346 g/mol. The highest BCUT2D eigenvalue weighted by Gasteiger charge is 2.45. The summed E-state index contributed by atoms with van der Waals surface area (Å²) in [5, 5.41) is 40.7. The van der Waals surface area contributed by atoms with E-state index >= 15 is 0 Å². The number of rotatable bonds is 4. The molecule has 4 rings (SSSR count). The van der Waals surface area contributed by atoms with Crippen LogP contribution in [0.4, 0.5) is 5.88 Å². The molecule has 1 fully saturated rings. The van der Waals surface area contributed by atoms with Crippen LogP contribution in [0.25, 0.3) is 22.6 Å². The molecule has 136 valence electrons. The molecule has 0 radical (unpaired) electrons. The van der Waals surface area contributed by atoms with Gasteiger partial charge in [-0.05, 0) is 18.2 Å². The van der Waals surface area contributed by atoms with Crippen LogP contribution in [0.5, 0.6) is 0 Å². The SMILES string of the molecule is O=[N+]([O-])c1ccc(-c2nc3ccccc3n2[C@@H]2O[C@H](CO)[C@@H](O)[C@H]2O)o1. The highest BCUT2D eigenvalue weighted by molar-refractivity contribution is 5.80. The Labute approximate surface area is 146 Å². The molecule has 1 saturated heterocycles. The minimum Gasteiger partial charge on any atom is -0.397 e. The van der Waals surface area contributed by atoms with Gasteiger partial charge in [-0.25, -0.2) is 4.98 Å². The maximum Gasteiger partial charge on any atom is 0.433 e. The summed E-state index contributed by atoms with van der Waals surface area (Å²) in [5.74, 6) is -0.125. The standard InChI is InChI=1S/C16H15N3O7/c20-7-11-13(21)14(22)16(26-11)18-9-4-2-1-3-8(9)17-15(18)10-5-6-12(25-10)19(23)24/h1-6,11,13-14,16,20-22H,7H2/t11-,13-,14-,16-/m1/s1. The zero-order chi connectivity index (χ0) is 18.4. The topological polar surface area (TPSA) is 144 Å². The Balaban J connectivity index is 1.88. The Bertz CT molecular complexity index is 966. The first kappa shape index (κ1) is 16.7. The third-order valence-electron chi connectivity index (χ3n) is 4.36. The smallest absolute Gasteiger partial charge is 0.397 e. The highest BCUT2D eigenvalue weighted by Crippen LogP contribution is 2.37. The van der Waals surface area contributed by atoms with Gasteiger partial charge in [-0.3, -0.25) is 14.7 Å². The van der Waals surface area contributed by atoms with Crippen LogP contribution in [-0.2, 0) is 4.74 Å². The third kappa shape index (κ3) is 2.47. The van der Waals surface area contributed by atoms with Crippen molar-refractivity contribution in [1.29, 1.82) is 0 Å². The van der Waals surface area contributed by atoms with E-state index in [1.54, 1.807) is 24.3 Å². The van der Waals surface area contributed by atoms with Gasteiger partial charge < -0.3 is 24.5 Å². The van der Waals surface area contributed by atoms with Gasteiger partial charge in [-0.2, -0.15) is 0 Å². The summed E-state index contributed by atoms with van der Waals surface area (Å²) in [6, 6.07) is 9.60. The summed E-state index contributed by atoms with van der Waals surface area (Å²) in [5.41, 5.74) is 1.13. The van der Waals surface area contributed by atoms with Crippen LogP contribution in [0, 0.1) is 10.1 Å². The maximum absolute atomic E-state index is 10.9. The van der Waals surface area contributed by atoms with E-state index in [1.165, 1.54) is 16.7 Å². The van der Waals surface area contributed by atoms with Crippen molar-refractivity contribution in [3.05, 3.63) is 46.5 Å². The fourth-order valence-electron chi connectivity index (χ4n) is 3.12. The van der Waals surface area contributed by atoms with E-state index in [2.05, 4.69) is 4.98 Å². The van der Waals surface area contributed by atoms with Gasteiger partial charge in [0.2, 0.25) is 0 Å². The Hall–Kier alpha value is -2.79. The van der Waals surface area contributed by atoms with E-state index in [-0.39, 0.29) is 11.6 Å². The predicted octanol–water partition coefficient (Wildman–Crippen LogP) is 0.816. The van der Waals surface area contributed by atoms with Crippen LogP contribution in [-0.4, -0.2) is 54.7 Å². The van der Waals surface area contributed by atoms with Crippen LogP contribution in [0.3, 0.4) is 0 Å². The van der Waals surface area contributed by atoms with Crippen molar-refractivity contribution in [2.24, 2.45) is 0 Å². The van der Waals surface area contributed by atoms with Gasteiger partial charge >= 0.3 is 5.88 Å². The largest absolute Gasteiger partial charge is 0.433 e. The first-order chi connectivity index (χ1) is 12.5. The van der Waals surface area contributed by atoms with Crippen LogP contribution in [0.2, 0.25) is 0 Å². The van der Waals surface area contributed by atoms with E-state index in [9.17, 15) is 25.4 Å². The van der Waals surface area contributed by atoms with E-state index in [1.807, 2.05) is 0 Å². The lowest BCUT2D eigenvalue weighted by Crippen LogP contribution is -2.33. The number of hydrogen-bond donors (Lipinski definition) is 3. The van der Waals surface area contributed by atoms with E-state index in [0.29, 0.717) is 11.0 Å². The van der Waals surface area contributed by atoms with Crippen LogP contribution in [0.1, 0.15) is 6.23 Å². The number of benzene rings is 1. The number of nitrogens with zero attached hydrogens (tertiary/aromatic N) is 3. The van der Waals surface area contributed by atoms with E-state index < -0.39 is 42.0 Å². The van der Waals surface area contributed by atoms with Gasteiger partial charge in [0.05, 0.1) is 23.7 Å². The van der Waals surface area contributed by atoms with E-state index in [0.717, 1.165) is 0 Å². The molecule has 2 aromatic heterocycles. The first-order valence-electron chi connectivity index (χ1n) is 7.85. The van der Waals surface area contributed by atoms with Crippen molar-refractivity contribution < 1.29 is 29.4 Å². The molecule has 0 unspecified atom stereocenters. The van der Waals surface area contributed by atoms with Gasteiger partial charge in [-0.1, -0.05) is 12.1 Å². The van der Waals surface area contributed by atoms with Crippen LogP contribution < -0.4 is 0 Å². The minimum absolute atomic E-state index is 0.116. The number of furan rings is 1. The van der Waals surface area contributed by atoms with Gasteiger partial charge in [0.15, 0.2) is 17.8 Å². The van der Waals surface area contributed by atoms with Crippen molar-refractivity contribution in [3.8, 4) is 11.6 Å².